The maximum atomic E-state index is 13.0. The first kappa shape index (κ1) is 26.1. The van der Waals surface area contributed by atoms with E-state index in [1.54, 1.807) is 4.90 Å². The van der Waals surface area contributed by atoms with Gasteiger partial charge in [-0.2, -0.15) is 26.3 Å². The van der Waals surface area contributed by atoms with Gasteiger partial charge >= 0.3 is 18.4 Å². The molecule has 0 aromatic heterocycles. The van der Waals surface area contributed by atoms with E-state index in [-0.39, 0.29) is 50.5 Å². The van der Waals surface area contributed by atoms with Crippen molar-refractivity contribution in [1.29, 1.82) is 0 Å². The molecule has 190 valence electrons. The van der Waals surface area contributed by atoms with Gasteiger partial charge in [-0.1, -0.05) is 6.42 Å². The van der Waals surface area contributed by atoms with Crippen molar-refractivity contribution in [2.24, 2.45) is 0 Å². The molecule has 1 aromatic carbocycles. The summed E-state index contributed by atoms with van der Waals surface area (Å²) in [7, 11) is 0. The fourth-order valence-corrected chi connectivity index (χ4v) is 4.05. The first-order valence-electron chi connectivity index (χ1n) is 10.9. The zero-order valence-electron chi connectivity index (χ0n) is 18.2. The summed E-state index contributed by atoms with van der Waals surface area (Å²) in [5.41, 5.74) is -5.16. The highest BCUT2D eigenvalue weighted by molar-refractivity contribution is 5.89. The lowest BCUT2D eigenvalue weighted by Gasteiger charge is -2.40. The van der Waals surface area contributed by atoms with E-state index in [9.17, 15) is 41.0 Å². The number of anilines is 1. The second-order valence-corrected chi connectivity index (χ2v) is 8.65. The van der Waals surface area contributed by atoms with Gasteiger partial charge < -0.3 is 26.0 Å². The van der Waals surface area contributed by atoms with Crippen molar-refractivity contribution in [1.82, 2.24) is 15.5 Å². The van der Waals surface area contributed by atoms with Crippen LogP contribution in [0.3, 0.4) is 0 Å². The number of hydrogen-bond donors (Lipinski definition) is 4. The fraction of sp³-hybridized carbons (Fsp3) is 0.619. The summed E-state index contributed by atoms with van der Waals surface area (Å²) in [6.07, 6.45) is -7.05. The Labute approximate surface area is 191 Å². The van der Waals surface area contributed by atoms with Crippen molar-refractivity contribution >= 4 is 17.6 Å². The van der Waals surface area contributed by atoms with Gasteiger partial charge in [0.15, 0.2) is 0 Å². The number of carbonyl (C=O) groups is 2. The van der Waals surface area contributed by atoms with Gasteiger partial charge in [0, 0.05) is 25.3 Å². The van der Waals surface area contributed by atoms with E-state index in [0.29, 0.717) is 12.1 Å². The van der Waals surface area contributed by atoms with Crippen molar-refractivity contribution < 1.29 is 41.0 Å². The van der Waals surface area contributed by atoms with E-state index in [2.05, 4.69) is 10.6 Å². The smallest absolute Gasteiger partial charge is 0.388 e. The van der Waals surface area contributed by atoms with Gasteiger partial charge in [0.2, 0.25) is 5.91 Å². The molecule has 3 rings (SSSR count). The molecule has 3 amide bonds. The van der Waals surface area contributed by atoms with Gasteiger partial charge in [0.25, 0.3) is 0 Å². The Hall–Kier alpha value is -2.54. The molecule has 13 heteroatoms. The molecule has 2 aliphatic heterocycles. The lowest BCUT2D eigenvalue weighted by molar-refractivity contribution is -0.143. The summed E-state index contributed by atoms with van der Waals surface area (Å²) < 4.78 is 77.8. The number of piperidine rings is 2. The first-order chi connectivity index (χ1) is 15.8. The van der Waals surface area contributed by atoms with Gasteiger partial charge in [0.05, 0.1) is 22.8 Å². The van der Waals surface area contributed by atoms with Crippen LogP contribution in [0.1, 0.15) is 43.2 Å². The fourth-order valence-electron chi connectivity index (χ4n) is 4.05. The normalized spacial score (nSPS) is 21.1. The van der Waals surface area contributed by atoms with Gasteiger partial charge in [0.1, 0.15) is 0 Å². The standard InChI is InChI=1S/C21H26F6N4O3/c22-20(23,24)13-9-14(21(25,26)27)11-15(10-13)30-18(33)29-12-19(34)4-7-31(8-5-19)17(32)16-3-1-2-6-28-16/h9-11,16,28,34H,1-8,12H2,(H2,29,30,33)/t16-/m0/s1. The summed E-state index contributed by atoms with van der Waals surface area (Å²) in [5, 5.41) is 18.1. The van der Waals surface area contributed by atoms with Crippen molar-refractivity contribution in [3.63, 3.8) is 0 Å². The molecular formula is C21H26F6N4O3. The Morgan fingerprint density at radius 2 is 1.62 bits per heavy atom. The van der Waals surface area contributed by atoms with E-state index in [4.69, 9.17) is 0 Å². The third-order valence-electron chi connectivity index (χ3n) is 6.04. The van der Waals surface area contributed by atoms with Crippen LogP contribution in [0, 0.1) is 0 Å². The van der Waals surface area contributed by atoms with Gasteiger partial charge in [-0.05, 0) is 50.4 Å². The van der Waals surface area contributed by atoms with Crippen LogP contribution in [-0.2, 0) is 17.1 Å². The topological polar surface area (TPSA) is 93.7 Å². The predicted octanol–water partition coefficient (Wildman–Crippen LogP) is 3.34. The van der Waals surface area contributed by atoms with Gasteiger partial charge in [-0.25, -0.2) is 4.79 Å². The average molecular weight is 496 g/mol. The highest BCUT2D eigenvalue weighted by Crippen LogP contribution is 2.37. The number of benzene rings is 1. The van der Waals surface area contributed by atoms with Crippen LogP contribution in [0.25, 0.3) is 0 Å². The van der Waals surface area contributed by atoms with Crippen molar-refractivity contribution in [2.45, 2.75) is 56.1 Å². The first-order valence-corrected chi connectivity index (χ1v) is 10.9. The van der Waals surface area contributed by atoms with E-state index in [1.807, 2.05) is 5.32 Å². The third-order valence-corrected chi connectivity index (χ3v) is 6.04. The molecule has 1 atom stereocenters. The molecule has 34 heavy (non-hydrogen) atoms. The molecule has 0 radical (unpaired) electrons. The Bertz CT molecular complexity index is 859. The molecular weight excluding hydrogens is 470 g/mol. The van der Waals surface area contributed by atoms with Crippen LogP contribution < -0.4 is 16.0 Å². The maximum absolute atomic E-state index is 13.0. The van der Waals surface area contributed by atoms with Crippen LogP contribution in [-0.4, -0.2) is 59.8 Å². The lowest BCUT2D eigenvalue weighted by Crippen LogP contribution is -2.56. The van der Waals surface area contributed by atoms with E-state index in [0.717, 1.165) is 25.8 Å². The molecule has 2 fully saturated rings. The Balaban J connectivity index is 1.55. The minimum Gasteiger partial charge on any atom is -0.388 e. The second kappa shape index (κ2) is 9.98. The molecule has 2 aliphatic rings. The number of aliphatic hydroxyl groups is 1. The summed E-state index contributed by atoms with van der Waals surface area (Å²) in [5.74, 6) is -0.0440. The van der Waals surface area contributed by atoms with E-state index in [1.165, 1.54) is 0 Å². The molecule has 2 saturated heterocycles. The van der Waals surface area contributed by atoms with E-state index < -0.39 is 40.8 Å². The number of hydrogen-bond acceptors (Lipinski definition) is 4. The minimum atomic E-state index is -5.04. The molecule has 0 saturated carbocycles. The number of alkyl halides is 6. The number of carbonyl (C=O) groups excluding carboxylic acids is 2. The highest BCUT2D eigenvalue weighted by atomic mass is 19.4. The molecule has 0 unspecified atom stereocenters. The van der Waals surface area contributed by atoms with Gasteiger partial charge in [-0.15, -0.1) is 0 Å². The van der Waals surface area contributed by atoms with Crippen LogP contribution in [0.4, 0.5) is 36.8 Å². The van der Waals surface area contributed by atoms with E-state index >= 15 is 0 Å². The van der Waals surface area contributed by atoms with Crippen LogP contribution >= 0.6 is 0 Å². The molecule has 0 spiro atoms. The molecule has 2 heterocycles. The number of rotatable bonds is 4. The molecule has 7 nitrogen and oxygen atoms in total. The molecule has 1 aromatic rings. The number of nitrogens with zero attached hydrogens (tertiary/aromatic N) is 1. The van der Waals surface area contributed by atoms with Crippen LogP contribution in [0.15, 0.2) is 18.2 Å². The van der Waals surface area contributed by atoms with Crippen LogP contribution in [0.5, 0.6) is 0 Å². The Morgan fingerprint density at radius 1 is 1.03 bits per heavy atom. The second-order valence-electron chi connectivity index (χ2n) is 8.65. The minimum absolute atomic E-state index is 0.0380. The predicted molar refractivity (Wildman–Crippen MR) is 110 cm³/mol. The van der Waals surface area contributed by atoms with Crippen molar-refractivity contribution in [3.8, 4) is 0 Å². The SMILES string of the molecule is O=C(NCC1(O)CCN(C(=O)[C@@H]2CCCCN2)CC1)Nc1cc(C(F)(F)F)cc(C(F)(F)F)c1. The zero-order chi connectivity index (χ0) is 25.1. The quantitative estimate of drug-likeness (QED) is 0.481. The summed E-state index contributed by atoms with van der Waals surface area (Å²) in [6, 6.07) is -0.562. The number of urea groups is 1. The summed E-state index contributed by atoms with van der Waals surface area (Å²) in [6.45, 7) is 1.01. The summed E-state index contributed by atoms with van der Waals surface area (Å²) in [4.78, 5) is 26.3. The maximum Gasteiger partial charge on any atom is 0.416 e. The largest absolute Gasteiger partial charge is 0.416 e. The molecule has 0 bridgehead atoms. The lowest BCUT2D eigenvalue weighted by atomic mass is 9.90. The summed E-state index contributed by atoms with van der Waals surface area (Å²) >= 11 is 0. The molecule has 4 N–H and O–H groups in total. The average Bonchev–Trinajstić information content (AvgIpc) is 2.77. The number of likely N-dealkylation sites (tertiary alicyclic amines) is 1. The Morgan fingerprint density at radius 3 is 2.12 bits per heavy atom. The number of nitrogens with one attached hydrogen (secondary N) is 3. The highest BCUT2D eigenvalue weighted by Gasteiger charge is 2.38. The monoisotopic (exact) mass is 496 g/mol. The Kier molecular flexibility index (Phi) is 7.65. The third kappa shape index (κ3) is 6.75. The number of amides is 3. The molecule has 0 aliphatic carbocycles. The zero-order valence-corrected chi connectivity index (χ0v) is 18.2. The van der Waals surface area contributed by atoms with Crippen LogP contribution in [0.2, 0.25) is 0 Å². The van der Waals surface area contributed by atoms with Crippen molar-refractivity contribution in [2.75, 3.05) is 31.5 Å². The number of halogens is 6. The van der Waals surface area contributed by atoms with Gasteiger partial charge in [-0.3, -0.25) is 4.79 Å². The van der Waals surface area contributed by atoms with Crippen molar-refractivity contribution in [3.05, 3.63) is 29.3 Å².